The highest BCUT2D eigenvalue weighted by Gasteiger charge is 2.41. The van der Waals surface area contributed by atoms with Crippen molar-refractivity contribution in [2.24, 2.45) is 12.5 Å². The summed E-state index contributed by atoms with van der Waals surface area (Å²) in [6.45, 7) is 7.69. The van der Waals surface area contributed by atoms with Crippen LogP contribution in [0.25, 0.3) is 11.1 Å². The number of hydrogen-bond donors (Lipinski definition) is 1. The molecule has 1 atom stereocenters. The number of aryl methyl sites for hydroxylation is 1. The van der Waals surface area contributed by atoms with E-state index in [2.05, 4.69) is 48.2 Å². The number of likely N-dealkylation sites (tertiary alicyclic amines) is 1. The number of methoxy groups -OCH3 is 1. The van der Waals surface area contributed by atoms with Gasteiger partial charge in [-0.25, -0.2) is 0 Å². The topological polar surface area (TPSA) is 129 Å². The van der Waals surface area contributed by atoms with Crippen molar-refractivity contribution in [3.8, 4) is 16.9 Å². The zero-order chi connectivity index (χ0) is 35.3. The molecule has 1 aromatic heterocycles. The van der Waals surface area contributed by atoms with E-state index in [1.165, 1.54) is 49.6 Å². The van der Waals surface area contributed by atoms with Crippen molar-refractivity contribution in [2.45, 2.75) is 76.5 Å². The van der Waals surface area contributed by atoms with E-state index in [-0.39, 0.29) is 34.2 Å². The molecule has 1 spiro atoms. The Morgan fingerprint density at radius 2 is 1.73 bits per heavy atom. The Labute approximate surface area is 298 Å². The number of rotatable bonds is 7. The Balaban J connectivity index is 0.886. The van der Waals surface area contributed by atoms with Gasteiger partial charge in [-0.05, 0) is 86.7 Å². The summed E-state index contributed by atoms with van der Waals surface area (Å²) in [5, 5.41) is 18.7. The molecule has 13 heteroatoms. The number of piperidine rings is 4. The number of ether oxygens (including phenoxy) is 1. The summed E-state index contributed by atoms with van der Waals surface area (Å²) in [5.74, 6) is -0.0433. The van der Waals surface area contributed by atoms with Crippen LogP contribution in [0.2, 0.25) is 0 Å². The van der Waals surface area contributed by atoms with Crippen LogP contribution in [0.1, 0.15) is 62.5 Å². The number of fused-ring (bicyclic) bond motifs is 1. The number of nitro groups is 1. The van der Waals surface area contributed by atoms with Gasteiger partial charge in [-0.15, -0.1) is 0 Å². The Morgan fingerprint density at radius 1 is 0.941 bits per heavy atom. The van der Waals surface area contributed by atoms with Gasteiger partial charge in [0, 0.05) is 99.6 Å². The smallest absolute Gasteiger partial charge is 0.311 e. The average Bonchev–Trinajstić information content (AvgIpc) is 3.77. The predicted octanol–water partition coefficient (Wildman–Crippen LogP) is 4.48. The highest BCUT2D eigenvalue weighted by Crippen LogP contribution is 2.44. The first-order chi connectivity index (χ1) is 24.7. The summed E-state index contributed by atoms with van der Waals surface area (Å²) >= 11 is 0. The van der Waals surface area contributed by atoms with E-state index in [9.17, 15) is 19.7 Å². The number of hydrogen-bond acceptors (Lipinski definition) is 10. The minimum Gasteiger partial charge on any atom is -0.490 e. The van der Waals surface area contributed by atoms with E-state index in [0.717, 1.165) is 82.0 Å². The zero-order valence-corrected chi connectivity index (χ0v) is 29.7. The molecule has 6 heterocycles. The second-order valence-corrected chi connectivity index (χ2v) is 15.3. The first kappa shape index (κ1) is 33.6. The molecule has 51 heavy (non-hydrogen) atoms. The maximum Gasteiger partial charge on any atom is 0.311 e. The van der Waals surface area contributed by atoms with Gasteiger partial charge in [-0.2, -0.15) is 5.10 Å². The molecule has 0 radical (unpaired) electrons. The second kappa shape index (κ2) is 13.6. The van der Waals surface area contributed by atoms with Crippen molar-refractivity contribution in [3.63, 3.8) is 0 Å². The molecule has 2 amide bonds. The summed E-state index contributed by atoms with van der Waals surface area (Å²) < 4.78 is 7.19. The number of benzene rings is 2. The Hall–Kier alpha value is -4.49. The van der Waals surface area contributed by atoms with Crippen molar-refractivity contribution < 1.29 is 19.2 Å². The molecule has 1 unspecified atom stereocenters. The monoisotopic (exact) mass is 696 g/mol. The molecule has 4 fully saturated rings. The number of nitro benzene ring substituents is 1. The number of anilines is 2. The average molecular weight is 697 g/mol. The van der Waals surface area contributed by atoms with Crippen molar-refractivity contribution >= 4 is 28.9 Å². The van der Waals surface area contributed by atoms with Gasteiger partial charge < -0.3 is 19.4 Å². The standard InChI is InChI=1S/C38H48N8O5/c1-41-22-28(21-39-41)31-19-34(46(49)50)35(51-2)20-33(31)43-14-8-29(9-15-43)42-16-11-38(12-17-42)10-3-13-44(25-38)30-5-4-26-23-45(24-27(26)18-30)32-6-7-36(47)40-37(32)48/h4-5,18-22,29,32H,3,6-17,23-25H2,1-2H3,(H,40,47,48). The number of nitrogens with one attached hydrogen (secondary N) is 1. The minimum absolute atomic E-state index is 0.0360. The van der Waals surface area contributed by atoms with E-state index in [1.54, 1.807) is 16.9 Å². The quantitative estimate of drug-likeness (QED) is 0.215. The van der Waals surface area contributed by atoms with Gasteiger partial charge in [-0.3, -0.25) is 34.6 Å². The third kappa shape index (κ3) is 6.57. The molecule has 0 aliphatic carbocycles. The predicted molar refractivity (Wildman–Crippen MR) is 194 cm³/mol. The van der Waals surface area contributed by atoms with Crippen LogP contribution in [0.3, 0.4) is 0 Å². The molecule has 0 saturated carbocycles. The first-order valence-corrected chi connectivity index (χ1v) is 18.5. The lowest BCUT2D eigenvalue weighted by Crippen LogP contribution is -2.53. The number of carbonyl (C=O) groups is 2. The summed E-state index contributed by atoms with van der Waals surface area (Å²) in [6, 6.07) is 10.6. The molecule has 1 N–H and O–H groups in total. The molecule has 5 aliphatic heterocycles. The number of imide groups is 1. The fourth-order valence-corrected chi connectivity index (χ4v) is 9.44. The molecular formula is C38H48N8O5. The Morgan fingerprint density at radius 3 is 2.43 bits per heavy atom. The maximum absolute atomic E-state index is 12.5. The van der Waals surface area contributed by atoms with Gasteiger partial charge >= 0.3 is 5.69 Å². The SMILES string of the molecule is COc1cc(N2CCC(N3CCC4(CCCN(c5ccc6c(c5)CN(C5CCC(=O)NC5=O)C6)C4)CC3)CC2)c(-c2cnn(C)c2)cc1[N+](=O)[O-]. The molecule has 270 valence electrons. The molecule has 13 nitrogen and oxygen atoms in total. The fourth-order valence-electron chi connectivity index (χ4n) is 9.44. The van der Waals surface area contributed by atoms with Crippen LogP contribution in [-0.4, -0.2) is 94.8 Å². The Bertz CT molecular complexity index is 1830. The van der Waals surface area contributed by atoms with E-state index in [4.69, 9.17) is 4.74 Å². The normalized spacial score (nSPS) is 23.1. The van der Waals surface area contributed by atoms with Crippen LogP contribution in [0.5, 0.6) is 5.75 Å². The second-order valence-electron chi connectivity index (χ2n) is 15.3. The van der Waals surface area contributed by atoms with E-state index in [0.29, 0.717) is 24.3 Å². The van der Waals surface area contributed by atoms with Gasteiger partial charge in [0.2, 0.25) is 11.8 Å². The van der Waals surface area contributed by atoms with Crippen molar-refractivity contribution in [3.05, 3.63) is 64.0 Å². The third-order valence-electron chi connectivity index (χ3n) is 12.3. The zero-order valence-electron chi connectivity index (χ0n) is 29.7. The molecule has 5 aliphatic rings. The van der Waals surface area contributed by atoms with Crippen LogP contribution in [0.15, 0.2) is 42.7 Å². The fraction of sp³-hybridized carbons (Fsp3) is 0.553. The molecule has 0 bridgehead atoms. The molecular weight excluding hydrogens is 648 g/mol. The number of amides is 2. The lowest BCUT2D eigenvalue weighted by atomic mass is 9.72. The summed E-state index contributed by atoms with van der Waals surface area (Å²) in [6.07, 6.45) is 11.7. The van der Waals surface area contributed by atoms with Crippen LogP contribution >= 0.6 is 0 Å². The molecule has 2 aromatic carbocycles. The Kier molecular flexibility index (Phi) is 8.95. The van der Waals surface area contributed by atoms with Crippen LogP contribution in [0, 0.1) is 15.5 Å². The maximum atomic E-state index is 12.5. The lowest BCUT2D eigenvalue weighted by molar-refractivity contribution is -0.385. The van der Waals surface area contributed by atoms with Gasteiger partial charge in [0.05, 0.1) is 24.3 Å². The van der Waals surface area contributed by atoms with Crippen molar-refractivity contribution in [2.75, 3.05) is 56.2 Å². The van der Waals surface area contributed by atoms with Gasteiger partial charge in [0.25, 0.3) is 0 Å². The highest BCUT2D eigenvalue weighted by atomic mass is 16.6. The van der Waals surface area contributed by atoms with E-state index < -0.39 is 0 Å². The summed E-state index contributed by atoms with van der Waals surface area (Å²) in [4.78, 5) is 45.6. The van der Waals surface area contributed by atoms with Gasteiger partial charge in [0.15, 0.2) is 5.75 Å². The van der Waals surface area contributed by atoms with Gasteiger partial charge in [-0.1, -0.05) is 6.07 Å². The molecule has 4 saturated heterocycles. The van der Waals surface area contributed by atoms with Crippen LogP contribution in [-0.2, 0) is 29.7 Å². The van der Waals surface area contributed by atoms with Gasteiger partial charge in [0.1, 0.15) is 0 Å². The number of aromatic nitrogens is 2. The van der Waals surface area contributed by atoms with E-state index in [1.807, 2.05) is 19.3 Å². The summed E-state index contributed by atoms with van der Waals surface area (Å²) in [5.41, 5.74) is 6.81. The minimum atomic E-state index is -0.381. The molecule has 8 rings (SSSR count). The molecule has 3 aromatic rings. The van der Waals surface area contributed by atoms with Crippen molar-refractivity contribution in [1.82, 2.24) is 24.9 Å². The summed E-state index contributed by atoms with van der Waals surface area (Å²) in [7, 11) is 3.34. The van der Waals surface area contributed by atoms with Crippen LogP contribution < -0.4 is 19.9 Å². The van der Waals surface area contributed by atoms with E-state index >= 15 is 0 Å². The first-order valence-electron chi connectivity index (χ1n) is 18.5. The number of carbonyl (C=O) groups excluding carboxylic acids is 2. The van der Waals surface area contributed by atoms with Crippen molar-refractivity contribution in [1.29, 1.82) is 0 Å². The third-order valence-corrected chi connectivity index (χ3v) is 12.3. The number of nitrogens with zero attached hydrogens (tertiary/aromatic N) is 7. The highest BCUT2D eigenvalue weighted by molar-refractivity contribution is 6.00. The largest absolute Gasteiger partial charge is 0.490 e. The lowest BCUT2D eigenvalue weighted by Gasteiger charge is -2.50. The van der Waals surface area contributed by atoms with Crippen LogP contribution in [0.4, 0.5) is 17.1 Å².